The lowest BCUT2D eigenvalue weighted by Gasteiger charge is -2.24. The molecule has 2 aromatic rings. The van der Waals surface area contributed by atoms with Gasteiger partial charge in [0.05, 0.1) is 0 Å². The van der Waals surface area contributed by atoms with E-state index in [2.05, 4.69) is 6.58 Å². The first kappa shape index (κ1) is 17.8. The molecule has 0 radical (unpaired) electrons. The van der Waals surface area contributed by atoms with Gasteiger partial charge in [-0.05, 0) is 23.3 Å². The molecule has 126 valence electrons. The Bertz CT molecular complexity index is 679. The van der Waals surface area contributed by atoms with Gasteiger partial charge in [0.15, 0.2) is 0 Å². The molecule has 0 aliphatic carbocycles. The Morgan fingerprint density at radius 2 is 1.88 bits per heavy atom. The number of ether oxygens (including phenoxy) is 1. The minimum atomic E-state index is -0.165. The van der Waals surface area contributed by atoms with E-state index in [1.807, 2.05) is 67.6 Å². The van der Waals surface area contributed by atoms with Crippen molar-refractivity contribution < 1.29 is 9.53 Å². The maximum atomic E-state index is 12.3. The molecule has 2 aromatic carbocycles. The first-order valence-electron chi connectivity index (χ1n) is 8.13. The molecule has 24 heavy (non-hydrogen) atoms. The SMILES string of the molecule is C=CC(c1cccc(OCc2ccccc2)c1)C(C)C(=O)N(C)C. The Hall–Kier alpha value is -2.55. The minimum Gasteiger partial charge on any atom is -0.489 e. The highest BCUT2D eigenvalue weighted by Gasteiger charge is 2.24. The molecule has 0 aliphatic heterocycles. The van der Waals surface area contributed by atoms with Gasteiger partial charge >= 0.3 is 0 Å². The van der Waals surface area contributed by atoms with Gasteiger partial charge in [0.25, 0.3) is 0 Å². The van der Waals surface area contributed by atoms with Crippen molar-refractivity contribution in [1.29, 1.82) is 0 Å². The van der Waals surface area contributed by atoms with E-state index in [0.717, 1.165) is 16.9 Å². The fourth-order valence-corrected chi connectivity index (χ4v) is 2.74. The number of carbonyl (C=O) groups is 1. The lowest BCUT2D eigenvalue weighted by molar-refractivity contribution is -0.132. The van der Waals surface area contributed by atoms with Gasteiger partial charge in [0, 0.05) is 25.9 Å². The fraction of sp³-hybridized carbons (Fsp3) is 0.286. The quantitative estimate of drug-likeness (QED) is 0.713. The molecule has 1 amide bonds. The van der Waals surface area contributed by atoms with E-state index in [0.29, 0.717) is 6.61 Å². The van der Waals surface area contributed by atoms with Crippen molar-refractivity contribution in [3.63, 3.8) is 0 Å². The summed E-state index contributed by atoms with van der Waals surface area (Å²) < 4.78 is 5.89. The van der Waals surface area contributed by atoms with Gasteiger partial charge in [-0.25, -0.2) is 0 Å². The van der Waals surface area contributed by atoms with Crippen molar-refractivity contribution >= 4 is 5.91 Å². The van der Waals surface area contributed by atoms with Crippen LogP contribution in [0.15, 0.2) is 67.3 Å². The molecule has 3 nitrogen and oxygen atoms in total. The molecule has 0 saturated heterocycles. The molecule has 0 aliphatic rings. The Labute approximate surface area is 144 Å². The monoisotopic (exact) mass is 323 g/mol. The van der Waals surface area contributed by atoms with E-state index in [4.69, 9.17) is 4.74 Å². The summed E-state index contributed by atoms with van der Waals surface area (Å²) in [5, 5.41) is 0. The molecule has 2 atom stereocenters. The van der Waals surface area contributed by atoms with Crippen molar-refractivity contribution in [3.8, 4) is 5.75 Å². The van der Waals surface area contributed by atoms with Crippen molar-refractivity contribution in [2.75, 3.05) is 14.1 Å². The molecular formula is C21H25NO2. The summed E-state index contributed by atoms with van der Waals surface area (Å²) in [6.07, 6.45) is 1.84. The van der Waals surface area contributed by atoms with E-state index >= 15 is 0 Å². The first-order valence-corrected chi connectivity index (χ1v) is 8.13. The molecule has 0 fully saturated rings. The largest absolute Gasteiger partial charge is 0.489 e. The molecule has 0 bridgehead atoms. The maximum absolute atomic E-state index is 12.3. The highest BCUT2D eigenvalue weighted by Crippen LogP contribution is 2.29. The Morgan fingerprint density at radius 3 is 2.50 bits per heavy atom. The van der Waals surface area contributed by atoms with Crippen LogP contribution in [-0.2, 0) is 11.4 Å². The van der Waals surface area contributed by atoms with Gasteiger partial charge in [-0.3, -0.25) is 4.79 Å². The number of benzene rings is 2. The van der Waals surface area contributed by atoms with Crippen molar-refractivity contribution in [3.05, 3.63) is 78.4 Å². The Balaban J connectivity index is 2.13. The van der Waals surface area contributed by atoms with Gasteiger partial charge in [-0.2, -0.15) is 0 Å². The van der Waals surface area contributed by atoms with Gasteiger partial charge in [0.2, 0.25) is 5.91 Å². The van der Waals surface area contributed by atoms with E-state index in [1.54, 1.807) is 19.0 Å². The van der Waals surface area contributed by atoms with E-state index < -0.39 is 0 Å². The molecular weight excluding hydrogens is 298 g/mol. The van der Waals surface area contributed by atoms with Crippen LogP contribution in [0.4, 0.5) is 0 Å². The standard InChI is InChI=1S/C21H25NO2/c1-5-20(16(2)21(23)22(3)4)18-12-9-13-19(14-18)24-15-17-10-7-6-8-11-17/h5-14,16,20H,1,15H2,2-4H3. The third kappa shape index (κ3) is 4.48. The summed E-state index contributed by atoms with van der Waals surface area (Å²) in [6.45, 7) is 6.37. The second-order valence-electron chi connectivity index (χ2n) is 6.13. The minimum absolute atomic E-state index is 0.0415. The molecule has 0 saturated carbocycles. The van der Waals surface area contributed by atoms with E-state index in [1.165, 1.54) is 0 Å². The summed E-state index contributed by atoms with van der Waals surface area (Å²) in [4.78, 5) is 13.9. The highest BCUT2D eigenvalue weighted by atomic mass is 16.5. The maximum Gasteiger partial charge on any atom is 0.225 e. The smallest absolute Gasteiger partial charge is 0.225 e. The second-order valence-corrected chi connectivity index (χ2v) is 6.13. The average Bonchev–Trinajstić information content (AvgIpc) is 2.61. The summed E-state index contributed by atoms with van der Waals surface area (Å²) in [6, 6.07) is 18.0. The van der Waals surface area contributed by atoms with Crippen molar-refractivity contribution in [2.45, 2.75) is 19.4 Å². The van der Waals surface area contributed by atoms with Crippen LogP contribution in [0.25, 0.3) is 0 Å². The van der Waals surface area contributed by atoms with Crippen LogP contribution in [0.2, 0.25) is 0 Å². The Morgan fingerprint density at radius 1 is 1.17 bits per heavy atom. The third-order valence-electron chi connectivity index (χ3n) is 4.11. The number of rotatable bonds is 7. The lowest BCUT2D eigenvalue weighted by Crippen LogP contribution is -2.31. The number of hydrogen-bond donors (Lipinski definition) is 0. The number of allylic oxidation sites excluding steroid dienone is 1. The summed E-state index contributed by atoms with van der Waals surface area (Å²) in [5.41, 5.74) is 2.16. The van der Waals surface area contributed by atoms with Crippen LogP contribution >= 0.6 is 0 Å². The van der Waals surface area contributed by atoms with Crippen LogP contribution in [-0.4, -0.2) is 24.9 Å². The first-order chi connectivity index (χ1) is 11.5. The summed E-state index contributed by atoms with van der Waals surface area (Å²) in [7, 11) is 3.55. The van der Waals surface area contributed by atoms with Gasteiger partial charge in [0.1, 0.15) is 12.4 Å². The van der Waals surface area contributed by atoms with Crippen LogP contribution in [0.3, 0.4) is 0 Å². The molecule has 0 spiro atoms. The van der Waals surface area contributed by atoms with Crippen LogP contribution < -0.4 is 4.74 Å². The zero-order chi connectivity index (χ0) is 17.5. The fourth-order valence-electron chi connectivity index (χ4n) is 2.74. The molecule has 3 heteroatoms. The predicted molar refractivity (Wildman–Crippen MR) is 98.0 cm³/mol. The van der Waals surface area contributed by atoms with E-state index in [-0.39, 0.29) is 17.7 Å². The second kappa shape index (κ2) is 8.34. The van der Waals surface area contributed by atoms with Gasteiger partial charge < -0.3 is 9.64 Å². The van der Waals surface area contributed by atoms with Crippen molar-refractivity contribution in [2.24, 2.45) is 5.92 Å². The molecule has 2 rings (SSSR count). The summed E-state index contributed by atoms with van der Waals surface area (Å²) >= 11 is 0. The predicted octanol–water partition coefficient (Wildman–Crippen LogP) is 4.26. The van der Waals surface area contributed by atoms with Crippen LogP contribution in [0, 0.1) is 5.92 Å². The van der Waals surface area contributed by atoms with E-state index in [9.17, 15) is 4.79 Å². The topological polar surface area (TPSA) is 29.5 Å². The van der Waals surface area contributed by atoms with Crippen LogP contribution in [0.1, 0.15) is 24.0 Å². The normalized spacial score (nSPS) is 13.0. The molecule has 0 aromatic heterocycles. The molecule has 2 unspecified atom stereocenters. The average molecular weight is 323 g/mol. The highest BCUT2D eigenvalue weighted by molar-refractivity contribution is 5.79. The third-order valence-corrected chi connectivity index (χ3v) is 4.11. The van der Waals surface area contributed by atoms with Crippen molar-refractivity contribution in [1.82, 2.24) is 4.90 Å². The Kier molecular flexibility index (Phi) is 6.19. The molecule has 0 N–H and O–H groups in total. The zero-order valence-electron chi connectivity index (χ0n) is 14.6. The number of hydrogen-bond acceptors (Lipinski definition) is 2. The summed E-state index contributed by atoms with van der Waals surface area (Å²) in [5.74, 6) is 0.685. The lowest BCUT2D eigenvalue weighted by atomic mass is 9.86. The van der Waals surface area contributed by atoms with Gasteiger partial charge in [-0.15, -0.1) is 6.58 Å². The number of amides is 1. The van der Waals surface area contributed by atoms with Crippen LogP contribution in [0.5, 0.6) is 5.75 Å². The van der Waals surface area contributed by atoms with Gasteiger partial charge in [-0.1, -0.05) is 55.5 Å². The molecule has 0 heterocycles. The number of carbonyl (C=O) groups excluding carboxylic acids is 1. The zero-order valence-corrected chi connectivity index (χ0v) is 14.6. The number of nitrogens with zero attached hydrogens (tertiary/aromatic N) is 1.